The average molecular weight is 279 g/mol. The monoisotopic (exact) mass is 279 g/mol. The van der Waals surface area contributed by atoms with Gasteiger partial charge in [-0.2, -0.15) is 0 Å². The van der Waals surface area contributed by atoms with Crippen molar-refractivity contribution >= 4 is 22.6 Å². The topological polar surface area (TPSA) is 29.1 Å². The molecule has 2 heteroatoms. The summed E-state index contributed by atoms with van der Waals surface area (Å²) in [5, 5.41) is 5.55. The van der Waals surface area contributed by atoms with Gasteiger partial charge in [0.25, 0.3) is 0 Å². The molecule has 2 aromatic carbocycles. The van der Waals surface area contributed by atoms with Gasteiger partial charge in [0.1, 0.15) is 0 Å². The number of carbonyl (C=O) groups excluding carboxylic acids is 1. The zero-order chi connectivity index (χ0) is 14.7. The highest BCUT2D eigenvalue weighted by Crippen LogP contribution is 2.30. The first kappa shape index (κ1) is 13.9. The summed E-state index contributed by atoms with van der Waals surface area (Å²) < 4.78 is 0. The van der Waals surface area contributed by atoms with Crippen molar-refractivity contribution in [2.75, 3.05) is 6.54 Å². The van der Waals surface area contributed by atoms with E-state index in [1.807, 2.05) is 24.3 Å². The van der Waals surface area contributed by atoms with Crippen LogP contribution >= 0.6 is 0 Å². The molecule has 0 atom stereocenters. The van der Waals surface area contributed by atoms with Gasteiger partial charge >= 0.3 is 0 Å². The van der Waals surface area contributed by atoms with Gasteiger partial charge in [-0.25, -0.2) is 0 Å². The molecule has 1 aliphatic carbocycles. The Morgan fingerprint density at radius 3 is 2.62 bits per heavy atom. The molecule has 0 amide bonds. The maximum Gasteiger partial charge on any atom is 0.209 e. The predicted molar refractivity (Wildman–Crippen MR) is 88.4 cm³/mol. The van der Waals surface area contributed by atoms with Crippen molar-refractivity contribution < 1.29 is 4.79 Å². The number of unbranched alkanes of at least 4 members (excludes halogenated alkanes) is 3. The van der Waals surface area contributed by atoms with Crippen molar-refractivity contribution in [3.8, 4) is 0 Å². The molecule has 0 heterocycles. The fourth-order valence-electron chi connectivity index (χ4n) is 2.95. The van der Waals surface area contributed by atoms with E-state index in [2.05, 4.69) is 30.4 Å². The van der Waals surface area contributed by atoms with Gasteiger partial charge in [0.2, 0.25) is 5.78 Å². The van der Waals surface area contributed by atoms with Crippen LogP contribution in [0.2, 0.25) is 0 Å². The zero-order valence-corrected chi connectivity index (χ0v) is 12.5. The van der Waals surface area contributed by atoms with Crippen molar-refractivity contribution in [3.05, 3.63) is 53.2 Å². The van der Waals surface area contributed by atoms with Crippen LogP contribution in [-0.4, -0.2) is 12.3 Å². The summed E-state index contributed by atoms with van der Waals surface area (Å²) in [6, 6.07) is 12.1. The standard InChI is InChI=1S/C19H21NO/c1-2-3-4-5-12-20-17-13-15-10-6-8-14-9-7-11-16(18(14)15)19(17)21/h6-11,13,20H,2-5,12H2,1H3. The molecule has 2 aromatic rings. The van der Waals surface area contributed by atoms with Gasteiger partial charge in [-0.3, -0.25) is 4.79 Å². The normalized spacial score (nSPS) is 13.4. The second-order valence-corrected chi connectivity index (χ2v) is 5.63. The Labute approximate surface area is 125 Å². The third-order valence-corrected chi connectivity index (χ3v) is 4.07. The van der Waals surface area contributed by atoms with Gasteiger partial charge < -0.3 is 5.32 Å². The van der Waals surface area contributed by atoms with E-state index >= 15 is 0 Å². The van der Waals surface area contributed by atoms with Gasteiger partial charge in [-0.1, -0.05) is 62.6 Å². The van der Waals surface area contributed by atoms with Gasteiger partial charge in [-0.15, -0.1) is 0 Å². The molecular weight excluding hydrogens is 258 g/mol. The van der Waals surface area contributed by atoms with Crippen LogP contribution in [-0.2, 0) is 0 Å². The summed E-state index contributed by atoms with van der Waals surface area (Å²) in [6.45, 7) is 3.08. The number of Topliss-reactive ketones (excluding diaryl/α,β-unsaturated/α-hetero) is 1. The summed E-state index contributed by atoms with van der Waals surface area (Å²) >= 11 is 0. The van der Waals surface area contributed by atoms with E-state index in [1.54, 1.807) is 0 Å². The van der Waals surface area contributed by atoms with E-state index in [9.17, 15) is 4.79 Å². The van der Waals surface area contributed by atoms with Crippen molar-refractivity contribution in [1.29, 1.82) is 0 Å². The highest BCUT2D eigenvalue weighted by atomic mass is 16.1. The fourth-order valence-corrected chi connectivity index (χ4v) is 2.95. The number of ketones is 1. The maximum absolute atomic E-state index is 12.6. The van der Waals surface area contributed by atoms with Crippen molar-refractivity contribution in [3.63, 3.8) is 0 Å². The Hall–Kier alpha value is -2.09. The van der Waals surface area contributed by atoms with Crippen LogP contribution in [0.5, 0.6) is 0 Å². The molecule has 0 radical (unpaired) electrons. The van der Waals surface area contributed by atoms with Crippen molar-refractivity contribution in [2.45, 2.75) is 32.6 Å². The van der Waals surface area contributed by atoms with E-state index in [0.29, 0.717) is 0 Å². The van der Waals surface area contributed by atoms with Crippen LogP contribution in [0.1, 0.15) is 48.5 Å². The van der Waals surface area contributed by atoms with Crippen LogP contribution in [0.3, 0.4) is 0 Å². The fraction of sp³-hybridized carbons (Fsp3) is 0.316. The molecule has 0 aromatic heterocycles. The zero-order valence-electron chi connectivity index (χ0n) is 12.5. The molecule has 1 N–H and O–H groups in total. The lowest BCUT2D eigenvalue weighted by Gasteiger charge is -2.18. The van der Waals surface area contributed by atoms with E-state index in [0.717, 1.165) is 40.6 Å². The highest BCUT2D eigenvalue weighted by Gasteiger charge is 2.20. The lowest BCUT2D eigenvalue weighted by Crippen LogP contribution is -2.23. The number of nitrogens with one attached hydrogen (secondary N) is 1. The Bertz CT molecular complexity index is 695. The summed E-state index contributed by atoms with van der Waals surface area (Å²) in [5.41, 5.74) is 2.69. The summed E-state index contributed by atoms with van der Waals surface area (Å²) in [4.78, 5) is 12.6. The van der Waals surface area contributed by atoms with E-state index in [-0.39, 0.29) is 5.78 Å². The SMILES string of the molecule is CCCCCCNC1=Cc2cccc3cccc(c23)C1=O. The molecule has 0 fully saturated rings. The van der Waals surface area contributed by atoms with Crippen LogP contribution in [0, 0.1) is 0 Å². The molecule has 108 valence electrons. The number of allylic oxidation sites excluding steroid dienone is 1. The third kappa shape index (κ3) is 2.71. The smallest absolute Gasteiger partial charge is 0.209 e. The molecule has 0 saturated carbocycles. The highest BCUT2D eigenvalue weighted by molar-refractivity contribution is 6.22. The number of hydrogen-bond donors (Lipinski definition) is 1. The molecule has 1 aliphatic rings. The molecule has 0 spiro atoms. The molecule has 0 aliphatic heterocycles. The minimum Gasteiger partial charge on any atom is -0.382 e. The minimum atomic E-state index is 0.120. The molecule has 21 heavy (non-hydrogen) atoms. The Morgan fingerprint density at radius 1 is 1.00 bits per heavy atom. The minimum absolute atomic E-state index is 0.120. The van der Waals surface area contributed by atoms with Gasteiger partial charge in [0.15, 0.2) is 0 Å². The Morgan fingerprint density at radius 2 is 1.81 bits per heavy atom. The quantitative estimate of drug-likeness (QED) is 0.786. The van der Waals surface area contributed by atoms with Crippen molar-refractivity contribution in [2.24, 2.45) is 0 Å². The van der Waals surface area contributed by atoms with Gasteiger partial charge in [0.05, 0.1) is 5.70 Å². The average Bonchev–Trinajstić information content (AvgIpc) is 2.51. The van der Waals surface area contributed by atoms with Gasteiger partial charge in [-0.05, 0) is 23.4 Å². The first-order chi connectivity index (χ1) is 10.3. The second kappa shape index (κ2) is 6.13. The molecule has 0 saturated heterocycles. The first-order valence-electron chi connectivity index (χ1n) is 7.83. The van der Waals surface area contributed by atoms with Crippen molar-refractivity contribution in [1.82, 2.24) is 5.32 Å². The number of carbonyl (C=O) groups is 1. The third-order valence-electron chi connectivity index (χ3n) is 4.07. The lowest BCUT2D eigenvalue weighted by molar-refractivity contribution is 0.102. The first-order valence-corrected chi connectivity index (χ1v) is 7.83. The van der Waals surface area contributed by atoms with E-state index in [1.165, 1.54) is 19.3 Å². The molecule has 0 bridgehead atoms. The van der Waals surface area contributed by atoms with Crippen LogP contribution in [0.4, 0.5) is 0 Å². The Kier molecular flexibility index (Phi) is 4.05. The molecular formula is C19H21NO. The number of benzene rings is 2. The number of hydrogen-bond acceptors (Lipinski definition) is 2. The molecule has 3 rings (SSSR count). The lowest BCUT2D eigenvalue weighted by atomic mass is 9.90. The second-order valence-electron chi connectivity index (χ2n) is 5.63. The van der Waals surface area contributed by atoms with Crippen LogP contribution < -0.4 is 5.32 Å². The Balaban J connectivity index is 1.83. The van der Waals surface area contributed by atoms with Gasteiger partial charge in [0, 0.05) is 17.5 Å². The summed E-state index contributed by atoms with van der Waals surface area (Å²) in [7, 11) is 0. The van der Waals surface area contributed by atoms with Crippen LogP contribution in [0.15, 0.2) is 42.1 Å². The van der Waals surface area contributed by atoms with E-state index in [4.69, 9.17) is 0 Å². The largest absolute Gasteiger partial charge is 0.382 e. The summed E-state index contributed by atoms with van der Waals surface area (Å²) in [6.07, 6.45) is 6.83. The maximum atomic E-state index is 12.6. The van der Waals surface area contributed by atoms with Crippen LogP contribution in [0.25, 0.3) is 16.8 Å². The number of rotatable bonds is 6. The van der Waals surface area contributed by atoms with E-state index < -0.39 is 0 Å². The predicted octanol–water partition coefficient (Wildman–Crippen LogP) is 4.55. The summed E-state index contributed by atoms with van der Waals surface area (Å²) in [5.74, 6) is 0.120. The molecule has 2 nitrogen and oxygen atoms in total. The molecule has 0 unspecified atom stereocenters.